The van der Waals surface area contributed by atoms with Gasteiger partial charge in [-0.3, -0.25) is 4.79 Å². The molecule has 1 unspecified atom stereocenters. The number of anilines is 1. The van der Waals surface area contributed by atoms with Gasteiger partial charge in [0.15, 0.2) is 5.13 Å². The second-order valence-electron chi connectivity index (χ2n) is 6.40. The Bertz CT molecular complexity index is 682. The molecule has 0 saturated carbocycles. The summed E-state index contributed by atoms with van der Waals surface area (Å²) in [5.74, 6) is 0.300. The first-order valence-electron chi connectivity index (χ1n) is 8.57. The van der Waals surface area contributed by atoms with E-state index in [1.165, 1.54) is 10.3 Å². The fourth-order valence-electron chi connectivity index (χ4n) is 3.05. The minimum Gasteiger partial charge on any atom is -0.356 e. The number of aromatic nitrogens is 1. The molecule has 4 nitrogen and oxygen atoms in total. The minimum absolute atomic E-state index is 0.0920. The van der Waals surface area contributed by atoms with Crippen molar-refractivity contribution in [3.63, 3.8) is 0 Å². The summed E-state index contributed by atoms with van der Waals surface area (Å²) in [5.41, 5.74) is 2.32. The van der Waals surface area contributed by atoms with Gasteiger partial charge in [0.2, 0.25) is 5.91 Å². The Kier molecular flexibility index (Phi) is 5.16. The fourth-order valence-corrected chi connectivity index (χ4v) is 4.15. The van der Waals surface area contributed by atoms with Gasteiger partial charge in [-0.05, 0) is 43.9 Å². The van der Waals surface area contributed by atoms with Gasteiger partial charge in [0.1, 0.15) is 0 Å². The summed E-state index contributed by atoms with van der Waals surface area (Å²) in [5, 5.41) is 4.13. The molecule has 1 aromatic heterocycles. The molecular weight excluding hydrogens is 306 g/mol. The van der Waals surface area contributed by atoms with Crippen molar-refractivity contribution < 1.29 is 4.79 Å². The van der Waals surface area contributed by atoms with Crippen LogP contribution >= 0.6 is 11.3 Å². The maximum absolute atomic E-state index is 12.3. The molecule has 5 heteroatoms. The van der Waals surface area contributed by atoms with E-state index in [9.17, 15) is 4.79 Å². The molecule has 1 atom stereocenters. The molecule has 1 fully saturated rings. The molecule has 23 heavy (non-hydrogen) atoms. The number of rotatable bonds is 5. The molecule has 2 aromatic rings. The third kappa shape index (κ3) is 3.83. The van der Waals surface area contributed by atoms with Crippen LogP contribution in [0.4, 0.5) is 5.13 Å². The summed E-state index contributed by atoms with van der Waals surface area (Å²) in [4.78, 5) is 19.4. The molecule has 0 radical (unpaired) electrons. The van der Waals surface area contributed by atoms with Crippen molar-refractivity contribution in [3.05, 3.63) is 23.8 Å². The quantitative estimate of drug-likeness (QED) is 0.849. The Morgan fingerprint density at radius 1 is 1.48 bits per heavy atom. The third-order valence-electron chi connectivity index (χ3n) is 4.42. The molecule has 1 amide bonds. The van der Waals surface area contributed by atoms with Crippen LogP contribution in [0.3, 0.4) is 0 Å². The molecule has 0 aliphatic carbocycles. The van der Waals surface area contributed by atoms with E-state index in [0.29, 0.717) is 0 Å². The number of piperidine rings is 1. The van der Waals surface area contributed by atoms with Crippen molar-refractivity contribution >= 4 is 32.6 Å². The lowest BCUT2D eigenvalue weighted by Crippen LogP contribution is -2.43. The predicted octanol–water partition coefficient (Wildman–Crippen LogP) is 3.74. The van der Waals surface area contributed by atoms with Gasteiger partial charge in [-0.15, -0.1) is 0 Å². The minimum atomic E-state index is 0.0920. The molecule has 3 rings (SSSR count). The van der Waals surface area contributed by atoms with Gasteiger partial charge in [-0.1, -0.05) is 30.7 Å². The fraction of sp³-hybridized carbons (Fsp3) is 0.556. The Hall–Kier alpha value is -1.62. The van der Waals surface area contributed by atoms with Crippen molar-refractivity contribution in [3.8, 4) is 0 Å². The smallest absolute Gasteiger partial charge is 0.224 e. The van der Waals surface area contributed by atoms with Crippen molar-refractivity contribution in [1.29, 1.82) is 0 Å². The maximum atomic E-state index is 12.3. The number of hydrogen-bond acceptors (Lipinski definition) is 4. The molecule has 1 aliphatic heterocycles. The number of thiazole rings is 1. The van der Waals surface area contributed by atoms with Gasteiger partial charge in [-0.25, -0.2) is 4.98 Å². The lowest BCUT2D eigenvalue weighted by atomic mass is 9.97. The SMILES string of the molecule is CCCCNC(=O)C1CCCN(c2nc3ccc(C)cc3s2)C1. The number of nitrogens with zero attached hydrogens (tertiary/aromatic N) is 2. The summed E-state index contributed by atoms with van der Waals surface area (Å²) in [7, 11) is 0. The average Bonchev–Trinajstić information content (AvgIpc) is 2.98. The second-order valence-corrected chi connectivity index (χ2v) is 7.41. The van der Waals surface area contributed by atoms with E-state index < -0.39 is 0 Å². The normalized spacial score (nSPS) is 18.3. The van der Waals surface area contributed by atoms with Crippen molar-refractivity contribution in [2.45, 2.75) is 39.5 Å². The molecule has 2 heterocycles. The van der Waals surface area contributed by atoms with Crippen molar-refractivity contribution in [2.75, 3.05) is 24.5 Å². The second kappa shape index (κ2) is 7.30. The van der Waals surface area contributed by atoms with Crippen LogP contribution in [0.25, 0.3) is 10.2 Å². The highest BCUT2D eigenvalue weighted by molar-refractivity contribution is 7.22. The Morgan fingerprint density at radius 3 is 3.17 bits per heavy atom. The molecule has 0 bridgehead atoms. The molecule has 1 aliphatic rings. The van der Waals surface area contributed by atoms with E-state index in [1.54, 1.807) is 11.3 Å². The largest absolute Gasteiger partial charge is 0.356 e. The summed E-state index contributed by atoms with van der Waals surface area (Å²) >= 11 is 1.74. The molecular formula is C18H25N3OS. The highest BCUT2D eigenvalue weighted by atomic mass is 32.1. The summed E-state index contributed by atoms with van der Waals surface area (Å²) in [6.07, 6.45) is 4.21. The Labute approximate surface area is 141 Å². The maximum Gasteiger partial charge on any atom is 0.224 e. The van der Waals surface area contributed by atoms with Gasteiger partial charge in [-0.2, -0.15) is 0 Å². The number of amides is 1. The van der Waals surface area contributed by atoms with Gasteiger partial charge in [0.25, 0.3) is 0 Å². The first-order chi connectivity index (χ1) is 11.2. The van der Waals surface area contributed by atoms with E-state index in [0.717, 1.165) is 56.0 Å². The standard InChI is InChI=1S/C18H25N3OS/c1-3-4-9-19-17(22)14-6-5-10-21(12-14)18-20-15-8-7-13(2)11-16(15)23-18/h7-8,11,14H,3-6,9-10,12H2,1-2H3,(H,19,22). The van der Waals surface area contributed by atoms with Crippen LogP contribution in [0.1, 0.15) is 38.2 Å². The van der Waals surface area contributed by atoms with Crippen LogP contribution in [0.2, 0.25) is 0 Å². The third-order valence-corrected chi connectivity index (χ3v) is 5.50. The highest BCUT2D eigenvalue weighted by Crippen LogP contribution is 2.32. The van der Waals surface area contributed by atoms with E-state index >= 15 is 0 Å². The topological polar surface area (TPSA) is 45.2 Å². The zero-order valence-corrected chi connectivity index (χ0v) is 14.8. The molecule has 1 N–H and O–H groups in total. The number of unbranched alkanes of at least 4 members (excludes halogenated alkanes) is 1. The predicted molar refractivity (Wildman–Crippen MR) is 97.2 cm³/mol. The lowest BCUT2D eigenvalue weighted by molar-refractivity contribution is -0.125. The number of nitrogens with one attached hydrogen (secondary N) is 1. The van der Waals surface area contributed by atoms with Crippen LogP contribution in [0, 0.1) is 12.8 Å². The van der Waals surface area contributed by atoms with Gasteiger partial charge in [0, 0.05) is 19.6 Å². The first-order valence-corrected chi connectivity index (χ1v) is 9.39. The average molecular weight is 331 g/mol. The van der Waals surface area contributed by atoms with Crippen molar-refractivity contribution in [2.24, 2.45) is 5.92 Å². The number of aryl methyl sites for hydroxylation is 1. The molecule has 0 spiro atoms. The van der Waals surface area contributed by atoms with E-state index in [1.807, 2.05) is 0 Å². The monoisotopic (exact) mass is 331 g/mol. The zero-order valence-electron chi connectivity index (χ0n) is 14.0. The van der Waals surface area contributed by atoms with Gasteiger partial charge < -0.3 is 10.2 Å². The summed E-state index contributed by atoms with van der Waals surface area (Å²) < 4.78 is 1.23. The first kappa shape index (κ1) is 16.2. The van der Waals surface area contributed by atoms with Crippen LogP contribution in [-0.4, -0.2) is 30.5 Å². The number of hydrogen-bond donors (Lipinski definition) is 1. The van der Waals surface area contributed by atoms with Gasteiger partial charge in [0.05, 0.1) is 16.1 Å². The number of benzene rings is 1. The van der Waals surface area contributed by atoms with E-state index in [2.05, 4.69) is 42.3 Å². The Morgan fingerprint density at radius 2 is 2.35 bits per heavy atom. The van der Waals surface area contributed by atoms with Crippen LogP contribution < -0.4 is 10.2 Å². The molecule has 1 aromatic carbocycles. The van der Waals surface area contributed by atoms with Crippen LogP contribution in [0.5, 0.6) is 0 Å². The van der Waals surface area contributed by atoms with E-state index in [4.69, 9.17) is 4.98 Å². The Balaban J connectivity index is 1.68. The summed E-state index contributed by atoms with van der Waals surface area (Å²) in [6, 6.07) is 6.38. The number of carbonyl (C=O) groups is 1. The highest BCUT2D eigenvalue weighted by Gasteiger charge is 2.27. The van der Waals surface area contributed by atoms with E-state index in [-0.39, 0.29) is 11.8 Å². The van der Waals surface area contributed by atoms with Gasteiger partial charge >= 0.3 is 0 Å². The van der Waals surface area contributed by atoms with Crippen LogP contribution in [-0.2, 0) is 4.79 Å². The number of fused-ring (bicyclic) bond motifs is 1. The van der Waals surface area contributed by atoms with Crippen molar-refractivity contribution in [1.82, 2.24) is 10.3 Å². The zero-order chi connectivity index (χ0) is 16.2. The van der Waals surface area contributed by atoms with Crippen LogP contribution in [0.15, 0.2) is 18.2 Å². The molecule has 1 saturated heterocycles. The molecule has 124 valence electrons. The number of carbonyl (C=O) groups excluding carboxylic acids is 1. The summed E-state index contributed by atoms with van der Waals surface area (Å²) in [6.45, 7) is 6.83. The lowest BCUT2D eigenvalue weighted by Gasteiger charge is -2.31.